The summed E-state index contributed by atoms with van der Waals surface area (Å²) in [5, 5.41) is 3.40. The number of hydrogen-bond donors (Lipinski definition) is 1. The van der Waals surface area contributed by atoms with Gasteiger partial charge in [-0.05, 0) is 25.2 Å². The fraction of sp³-hybridized carbons (Fsp3) is 0.864. The molecule has 1 aliphatic heterocycles. The minimum absolute atomic E-state index is 0.218. The van der Waals surface area contributed by atoms with Crippen LogP contribution in [0.15, 0.2) is 4.99 Å². The van der Waals surface area contributed by atoms with Gasteiger partial charge in [0.2, 0.25) is 11.8 Å². The maximum Gasteiger partial charge on any atom is 0.222 e. The van der Waals surface area contributed by atoms with Crippen LogP contribution in [0.2, 0.25) is 0 Å². The van der Waals surface area contributed by atoms with Gasteiger partial charge in [-0.25, -0.2) is 0 Å². The van der Waals surface area contributed by atoms with E-state index in [9.17, 15) is 9.59 Å². The normalized spacial score (nSPS) is 15.0. The molecule has 1 aliphatic rings. The standard InChI is InChI=1S/C22H43N5O2/c1-6-7-13-25(5)22(23-4)24-12-10-8-9-11-20(28)26-14-16-27(17-15-26)21(29)18-19(2)3/h19H,6-18H2,1-5H3,(H,23,24). The van der Waals surface area contributed by atoms with Gasteiger partial charge in [0.05, 0.1) is 0 Å². The summed E-state index contributed by atoms with van der Waals surface area (Å²) in [5.41, 5.74) is 0. The fourth-order valence-corrected chi connectivity index (χ4v) is 3.51. The minimum atomic E-state index is 0.218. The van der Waals surface area contributed by atoms with Crippen LogP contribution in [0.3, 0.4) is 0 Å². The zero-order valence-electron chi connectivity index (χ0n) is 19.4. The minimum Gasteiger partial charge on any atom is -0.356 e. The lowest BCUT2D eigenvalue weighted by molar-refractivity contribution is -0.140. The van der Waals surface area contributed by atoms with Gasteiger partial charge < -0.3 is 20.0 Å². The number of nitrogens with one attached hydrogen (secondary N) is 1. The lowest BCUT2D eigenvalue weighted by Crippen LogP contribution is -2.50. The van der Waals surface area contributed by atoms with Crippen molar-refractivity contribution in [2.75, 3.05) is 53.4 Å². The average Bonchev–Trinajstić information content (AvgIpc) is 2.70. The monoisotopic (exact) mass is 409 g/mol. The second kappa shape index (κ2) is 14.2. The van der Waals surface area contributed by atoms with Crippen LogP contribution < -0.4 is 5.32 Å². The van der Waals surface area contributed by atoms with E-state index in [4.69, 9.17) is 0 Å². The van der Waals surface area contributed by atoms with Crippen LogP contribution in [0.1, 0.15) is 65.7 Å². The van der Waals surface area contributed by atoms with E-state index in [0.29, 0.717) is 44.9 Å². The van der Waals surface area contributed by atoms with Gasteiger partial charge in [-0.3, -0.25) is 14.6 Å². The Bertz CT molecular complexity index is 513. The van der Waals surface area contributed by atoms with E-state index in [2.05, 4.69) is 43.0 Å². The predicted molar refractivity (Wildman–Crippen MR) is 120 cm³/mol. The molecule has 0 aromatic carbocycles. The molecular weight excluding hydrogens is 366 g/mol. The Morgan fingerprint density at radius 2 is 1.62 bits per heavy atom. The Balaban J connectivity index is 2.15. The van der Waals surface area contributed by atoms with Crippen LogP contribution in [0.25, 0.3) is 0 Å². The Morgan fingerprint density at radius 3 is 2.17 bits per heavy atom. The van der Waals surface area contributed by atoms with Crippen LogP contribution in [0, 0.1) is 5.92 Å². The lowest BCUT2D eigenvalue weighted by Gasteiger charge is -2.35. The van der Waals surface area contributed by atoms with E-state index in [0.717, 1.165) is 38.3 Å². The third-order valence-corrected chi connectivity index (χ3v) is 5.34. The molecule has 1 rings (SSSR count). The molecule has 0 aromatic heterocycles. The molecule has 1 heterocycles. The van der Waals surface area contributed by atoms with Gasteiger partial charge in [0.15, 0.2) is 5.96 Å². The van der Waals surface area contributed by atoms with E-state index in [-0.39, 0.29) is 11.8 Å². The molecule has 0 unspecified atom stereocenters. The van der Waals surface area contributed by atoms with Crippen LogP contribution in [-0.2, 0) is 9.59 Å². The Morgan fingerprint density at radius 1 is 1.00 bits per heavy atom. The van der Waals surface area contributed by atoms with Gasteiger partial charge in [0, 0.05) is 66.2 Å². The summed E-state index contributed by atoms with van der Waals surface area (Å²) in [6.07, 6.45) is 6.52. The van der Waals surface area contributed by atoms with Gasteiger partial charge in [-0.1, -0.05) is 33.6 Å². The number of carbonyl (C=O) groups is 2. The first-order valence-electron chi connectivity index (χ1n) is 11.4. The molecule has 7 nitrogen and oxygen atoms in total. The quantitative estimate of drug-likeness (QED) is 0.323. The summed E-state index contributed by atoms with van der Waals surface area (Å²) in [7, 11) is 3.89. The summed E-state index contributed by atoms with van der Waals surface area (Å²) in [4.78, 5) is 34.8. The molecule has 0 atom stereocenters. The number of rotatable bonds is 11. The van der Waals surface area contributed by atoms with Crippen molar-refractivity contribution < 1.29 is 9.59 Å². The molecule has 1 N–H and O–H groups in total. The molecule has 0 saturated carbocycles. The van der Waals surface area contributed by atoms with E-state index in [1.807, 2.05) is 16.8 Å². The molecule has 0 spiro atoms. The van der Waals surface area contributed by atoms with Gasteiger partial charge >= 0.3 is 0 Å². The number of unbranched alkanes of at least 4 members (excludes halogenated alkanes) is 3. The zero-order valence-corrected chi connectivity index (χ0v) is 19.4. The smallest absolute Gasteiger partial charge is 0.222 e. The topological polar surface area (TPSA) is 68.2 Å². The second-order valence-corrected chi connectivity index (χ2v) is 8.42. The van der Waals surface area contributed by atoms with Crippen molar-refractivity contribution in [1.29, 1.82) is 0 Å². The number of guanidine groups is 1. The van der Waals surface area contributed by atoms with E-state index in [1.54, 1.807) is 0 Å². The van der Waals surface area contributed by atoms with Crippen LogP contribution in [0.5, 0.6) is 0 Å². The van der Waals surface area contributed by atoms with Crippen molar-refractivity contribution >= 4 is 17.8 Å². The number of aliphatic imine (C=N–C) groups is 1. The van der Waals surface area contributed by atoms with Crippen molar-refractivity contribution in [3.05, 3.63) is 0 Å². The van der Waals surface area contributed by atoms with Crippen molar-refractivity contribution in [1.82, 2.24) is 20.0 Å². The average molecular weight is 410 g/mol. The number of nitrogens with zero attached hydrogens (tertiary/aromatic N) is 4. The van der Waals surface area contributed by atoms with Gasteiger partial charge in [-0.15, -0.1) is 0 Å². The highest BCUT2D eigenvalue weighted by Crippen LogP contribution is 2.10. The van der Waals surface area contributed by atoms with Crippen molar-refractivity contribution in [3.8, 4) is 0 Å². The summed E-state index contributed by atoms with van der Waals surface area (Å²) in [5.74, 6) is 1.77. The van der Waals surface area contributed by atoms with Crippen LogP contribution >= 0.6 is 0 Å². The highest BCUT2D eigenvalue weighted by molar-refractivity contribution is 5.79. The van der Waals surface area contributed by atoms with Gasteiger partial charge in [0.1, 0.15) is 0 Å². The summed E-state index contributed by atoms with van der Waals surface area (Å²) < 4.78 is 0. The number of piperazine rings is 1. The highest BCUT2D eigenvalue weighted by Gasteiger charge is 2.23. The first-order chi connectivity index (χ1) is 13.9. The molecule has 7 heteroatoms. The van der Waals surface area contributed by atoms with E-state index >= 15 is 0 Å². The molecule has 0 radical (unpaired) electrons. The Labute approximate surface area is 177 Å². The molecule has 0 aliphatic carbocycles. The maximum absolute atomic E-state index is 12.4. The summed E-state index contributed by atoms with van der Waals surface area (Å²) >= 11 is 0. The summed E-state index contributed by atoms with van der Waals surface area (Å²) in [6, 6.07) is 0. The molecule has 0 bridgehead atoms. The molecule has 1 fully saturated rings. The van der Waals surface area contributed by atoms with Crippen molar-refractivity contribution in [2.24, 2.45) is 10.9 Å². The molecule has 29 heavy (non-hydrogen) atoms. The third kappa shape index (κ3) is 9.99. The second-order valence-electron chi connectivity index (χ2n) is 8.42. The Hall–Kier alpha value is -1.79. The SMILES string of the molecule is CCCCN(C)C(=NC)NCCCCCC(=O)N1CCN(C(=O)CC(C)C)CC1. The molecular formula is C22H43N5O2. The maximum atomic E-state index is 12.4. The van der Waals surface area contributed by atoms with E-state index < -0.39 is 0 Å². The largest absolute Gasteiger partial charge is 0.356 e. The van der Waals surface area contributed by atoms with Crippen LogP contribution in [0.4, 0.5) is 0 Å². The molecule has 1 saturated heterocycles. The zero-order chi connectivity index (χ0) is 21.6. The summed E-state index contributed by atoms with van der Waals surface area (Å²) in [6.45, 7) is 10.9. The number of carbonyl (C=O) groups excluding carboxylic acids is 2. The first-order valence-corrected chi connectivity index (χ1v) is 11.4. The number of hydrogen-bond acceptors (Lipinski definition) is 3. The van der Waals surface area contributed by atoms with Crippen LogP contribution in [-0.4, -0.2) is 85.8 Å². The fourth-order valence-electron chi connectivity index (χ4n) is 3.51. The Kier molecular flexibility index (Phi) is 12.4. The highest BCUT2D eigenvalue weighted by atomic mass is 16.2. The predicted octanol–water partition coefficient (Wildman–Crippen LogP) is 2.57. The third-order valence-electron chi connectivity index (χ3n) is 5.34. The lowest BCUT2D eigenvalue weighted by atomic mass is 10.1. The molecule has 2 amide bonds. The van der Waals surface area contributed by atoms with Gasteiger partial charge in [-0.2, -0.15) is 0 Å². The first kappa shape index (κ1) is 25.2. The van der Waals surface area contributed by atoms with Crippen molar-refractivity contribution in [2.45, 2.75) is 65.7 Å². The molecule has 168 valence electrons. The van der Waals surface area contributed by atoms with Crippen molar-refractivity contribution in [3.63, 3.8) is 0 Å². The number of amides is 2. The van der Waals surface area contributed by atoms with Gasteiger partial charge in [0.25, 0.3) is 0 Å². The molecule has 0 aromatic rings. The van der Waals surface area contributed by atoms with E-state index in [1.165, 1.54) is 12.8 Å².